The molecule has 1 fully saturated rings. The van der Waals surface area contributed by atoms with Crippen molar-refractivity contribution >= 4 is 11.6 Å². The molecule has 5 nitrogen and oxygen atoms in total. The first-order valence-electron chi connectivity index (χ1n) is 8.20. The van der Waals surface area contributed by atoms with Crippen LogP contribution in [0.1, 0.15) is 57.7 Å². The van der Waals surface area contributed by atoms with E-state index in [1.54, 1.807) is 18.2 Å². The van der Waals surface area contributed by atoms with E-state index >= 15 is 0 Å². The number of hydrogen-bond donors (Lipinski definition) is 2. The average molecular weight is 313 g/mol. The van der Waals surface area contributed by atoms with E-state index in [9.17, 15) is 9.90 Å². The number of nitrogens with one attached hydrogen (secondary N) is 1. The third-order valence-electron chi connectivity index (χ3n) is 4.36. The summed E-state index contributed by atoms with van der Waals surface area (Å²) in [6.45, 7) is 5.78. The molecule has 1 unspecified atom stereocenters. The van der Waals surface area contributed by atoms with E-state index in [0.717, 1.165) is 12.1 Å². The van der Waals surface area contributed by atoms with Gasteiger partial charge in [0, 0.05) is 35.8 Å². The molecule has 1 saturated carbocycles. The fourth-order valence-corrected chi connectivity index (χ4v) is 2.77. The summed E-state index contributed by atoms with van der Waals surface area (Å²) < 4.78 is 2.09. The van der Waals surface area contributed by atoms with Crippen molar-refractivity contribution in [1.82, 2.24) is 9.78 Å². The molecule has 1 atom stereocenters. The highest BCUT2D eigenvalue weighted by atomic mass is 16.3. The molecule has 3 rings (SSSR count). The van der Waals surface area contributed by atoms with Crippen molar-refractivity contribution in [2.24, 2.45) is 0 Å². The van der Waals surface area contributed by atoms with Crippen molar-refractivity contribution < 1.29 is 9.90 Å². The summed E-state index contributed by atoms with van der Waals surface area (Å²) >= 11 is 0. The predicted octanol–water partition coefficient (Wildman–Crippen LogP) is 4.06. The molecule has 1 heterocycles. The second-order valence-corrected chi connectivity index (χ2v) is 6.34. The molecule has 1 aliphatic carbocycles. The number of hydrogen-bond acceptors (Lipinski definition) is 3. The lowest BCUT2D eigenvalue weighted by molar-refractivity contribution is -0.114. The molecule has 1 aromatic heterocycles. The summed E-state index contributed by atoms with van der Waals surface area (Å²) in [4.78, 5) is 11.2. The molecule has 0 bridgehead atoms. The van der Waals surface area contributed by atoms with Gasteiger partial charge >= 0.3 is 0 Å². The number of carbonyl (C=O) groups excluding carboxylic acids is 1. The highest BCUT2D eigenvalue weighted by Gasteiger charge is 2.29. The minimum absolute atomic E-state index is 0.134. The fourth-order valence-electron chi connectivity index (χ4n) is 2.77. The lowest BCUT2D eigenvalue weighted by Gasteiger charge is -2.13. The second kappa shape index (κ2) is 6.07. The van der Waals surface area contributed by atoms with Crippen molar-refractivity contribution in [3.8, 4) is 17.0 Å². The van der Waals surface area contributed by atoms with Crippen LogP contribution >= 0.6 is 0 Å². The van der Waals surface area contributed by atoms with Crippen molar-refractivity contribution in [3.63, 3.8) is 0 Å². The second-order valence-electron chi connectivity index (χ2n) is 6.34. The number of aromatic hydroxyl groups is 1. The maximum atomic E-state index is 11.2. The maximum Gasteiger partial charge on any atom is 0.221 e. The van der Waals surface area contributed by atoms with Crippen LogP contribution in [0.15, 0.2) is 24.3 Å². The molecule has 0 aliphatic heterocycles. The Morgan fingerprint density at radius 2 is 2.17 bits per heavy atom. The molecule has 5 heteroatoms. The molecular weight excluding hydrogens is 290 g/mol. The third-order valence-corrected chi connectivity index (χ3v) is 4.36. The number of amides is 1. The first-order valence-corrected chi connectivity index (χ1v) is 8.20. The van der Waals surface area contributed by atoms with Crippen LogP contribution < -0.4 is 5.32 Å². The van der Waals surface area contributed by atoms with Crippen molar-refractivity contribution in [2.75, 3.05) is 5.32 Å². The topological polar surface area (TPSA) is 67.2 Å². The van der Waals surface area contributed by atoms with Gasteiger partial charge in [0.2, 0.25) is 5.91 Å². The molecule has 2 N–H and O–H groups in total. The Bertz CT molecular complexity index is 732. The Balaban J connectivity index is 2.02. The molecular formula is C18H23N3O2. The summed E-state index contributed by atoms with van der Waals surface area (Å²) in [5.41, 5.74) is 3.33. The summed E-state index contributed by atoms with van der Waals surface area (Å²) in [5.74, 6) is 0.631. The monoisotopic (exact) mass is 313 g/mol. The minimum Gasteiger partial charge on any atom is -0.507 e. The van der Waals surface area contributed by atoms with Crippen LogP contribution in [0.5, 0.6) is 5.75 Å². The van der Waals surface area contributed by atoms with Gasteiger partial charge in [-0.3, -0.25) is 9.48 Å². The zero-order valence-electron chi connectivity index (χ0n) is 13.8. The third kappa shape index (κ3) is 3.23. The number of carbonyl (C=O) groups is 1. The molecule has 0 saturated heterocycles. The number of anilines is 1. The molecule has 0 spiro atoms. The van der Waals surface area contributed by atoms with E-state index in [0.29, 0.717) is 23.2 Å². The number of phenolic OH excluding ortho intramolecular Hbond substituents is 1. The SMILES string of the molecule is CCC(C)n1nc(-c2cc(NC(C)=O)ccc2O)cc1C1CC1. The van der Waals surface area contributed by atoms with Gasteiger partial charge in [0.05, 0.1) is 5.69 Å². The Labute approximate surface area is 136 Å². The molecule has 1 aromatic carbocycles. The molecule has 1 amide bonds. The quantitative estimate of drug-likeness (QED) is 0.818. The van der Waals surface area contributed by atoms with Crippen molar-refractivity contribution in [1.29, 1.82) is 0 Å². The van der Waals surface area contributed by atoms with Crippen LogP contribution in [-0.2, 0) is 4.79 Å². The maximum absolute atomic E-state index is 11.2. The number of nitrogens with zero attached hydrogens (tertiary/aromatic N) is 2. The zero-order chi connectivity index (χ0) is 16.6. The lowest BCUT2D eigenvalue weighted by atomic mass is 10.1. The number of phenols is 1. The van der Waals surface area contributed by atoms with Gasteiger partial charge in [-0.05, 0) is 50.5 Å². The number of benzene rings is 1. The highest BCUT2D eigenvalue weighted by Crippen LogP contribution is 2.43. The smallest absolute Gasteiger partial charge is 0.221 e. The van der Waals surface area contributed by atoms with Crippen LogP contribution in [0, 0.1) is 0 Å². The first-order chi connectivity index (χ1) is 11.0. The average Bonchev–Trinajstić information content (AvgIpc) is 3.27. The van der Waals surface area contributed by atoms with Crippen molar-refractivity contribution in [2.45, 2.75) is 52.0 Å². The van der Waals surface area contributed by atoms with E-state index < -0.39 is 0 Å². The molecule has 122 valence electrons. The molecule has 0 radical (unpaired) electrons. The van der Waals surface area contributed by atoms with Crippen LogP contribution in [0.3, 0.4) is 0 Å². The summed E-state index contributed by atoms with van der Waals surface area (Å²) in [6.07, 6.45) is 3.43. The lowest BCUT2D eigenvalue weighted by Crippen LogP contribution is -2.09. The Morgan fingerprint density at radius 1 is 1.43 bits per heavy atom. The minimum atomic E-state index is -0.134. The van der Waals surface area contributed by atoms with Gasteiger partial charge < -0.3 is 10.4 Å². The van der Waals surface area contributed by atoms with E-state index in [-0.39, 0.29) is 11.7 Å². The van der Waals surface area contributed by atoms with E-state index in [1.807, 2.05) is 0 Å². The number of rotatable bonds is 5. The van der Waals surface area contributed by atoms with Crippen LogP contribution in [0.4, 0.5) is 5.69 Å². The predicted molar refractivity (Wildman–Crippen MR) is 90.6 cm³/mol. The van der Waals surface area contributed by atoms with Crippen molar-refractivity contribution in [3.05, 3.63) is 30.0 Å². The first kappa shape index (κ1) is 15.6. The van der Waals surface area contributed by atoms with Gasteiger partial charge in [0.15, 0.2) is 0 Å². The normalized spacial score (nSPS) is 15.4. The van der Waals surface area contributed by atoms with Crippen LogP contribution in [-0.4, -0.2) is 20.8 Å². The van der Waals surface area contributed by atoms with Gasteiger partial charge in [-0.15, -0.1) is 0 Å². The van der Waals surface area contributed by atoms with E-state index in [4.69, 9.17) is 5.10 Å². The van der Waals surface area contributed by atoms with E-state index in [2.05, 4.69) is 29.9 Å². The largest absolute Gasteiger partial charge is 0.507 e. The number of aromatic nitrogens is 2. The van der Waals surface area contributed by atoms with Gasteiger partial charge in [-0.2, -0.15) is 5.10 Å². The molecule has 23 heavy (non-hydrogen) atoms. The molecule has 1 aliphatic rings. The van der Waals surface area contributed by atoms with E-state index in [1.165, 1.54) is 25.5 Å². The van der Waals surface area contributed by atoms with Gasteiger partial charge in [-0.25, -0.2) is 0 Å². The summed E-state index contributed by atoms with van der Waals surface area (Å²) in [7, 11) is 0. The van der Waals surface area contributed by atoms with Gasteiger partial charge in [0.1, 0.15) is 5.75 Å². The van der Waals surface area contributed by atoms with Gasteiger partial charge in [0.25, 0.3) is 0 Å². The highest BCUT2D eigenvalue weighted by molar-refractivity contribution is 5.90. The molecule has 2 aromatic rings. The summed E-state index contributed by atoms with van der Waals surface area (Å²) in [6, 6.07) is 7.47. The standard InChI is InChI=1S/C18H23N3O2/c1-4-11(2)21-17(13-5-6-13)10-16(20-21)15-9-14(19-12(3)22)7-8-18(15)23/h7-11,13,23H,4-6H2,1-3H3,(H,19,22). The zero-order valence-corrected chi connectivity index (χ0v) is 13.8. The Morgan fingerprint density at radius 3 is 2.78 bits per heavy atom. The van der Waals surface area contributed by atoms with Gasteiger partial charge in [-0.1, -0.05) is 6.92 Å². The Kier molecular flexibility index (Phi) is 4.11. The van der Waals surface area contributed by atoms with Crippen LogP contribution in [0.2, 0.25) is 0 Å². The van der Waals surface area contributed by atoms with Crippen LogP contribution in [0.25, 0.3) is 11.3 Å². The Hall–Kier alpha value is -2.30. The fraction of sp³-hybridized carbons (Fsp3) is 0.444. The summed E-state index contributed by atoms with van der Waals surface area (Å²) in [5, 5.41) is 17.7.